The average Bonchev–Trinajstić information content (AvgIpc) is 2.95. The first-order chi connectivity index (χ1) is 19.0. The zero-order chi connectivity index (χ0) is 27.0. The Labute approximate surface area is 239 Å². The van der Waals surface area contributed by atoms with Gasteiger partial charge in [0.15, 0.2) is 0 Å². The number of halogens is 2. The Morgan fingerprint density at radius 2 is 1.67 bits per heavy atom. The second kappa shape index (κ2) is 13.2. The van der Waals surface area contributed by atoms with E-state index in [-0.39, 0.29) is 12.4 Å². The summed E-state index contributed by atoms with van der Waals surface area (Å²) in [6.45, 7) is 5.54. The summed E-state index contributed by atoms with van der Waals surface area (Å²) in [4.78, 5) is 21.6. The van der Waals surface area contributed by atoms with Gasteiger partial charge in [-0.1, -0.05) is 59.6 Å². The number of unbranched alkanes of at least 4 members (excludes halogenated alkanes) is 1. The Hall–Kier alpha value is -3.32. The molecule has 0 bridgehead atoms. The highest BCUT2D eigenvalue weighted by Crippen LogP contribution is 2.33. The molecule has 202 valence electrons. The molecule has 8 heteroatoms. The van der Waals surface area contributed by atoms with E-state index in [9.17, 15) is 4.79 Å². The monoisotopic (exact) mass is 563 g/mol. The zero-order valence-electron chi connectivity index (χ0n) is 21.7. The maximum atomic E-state index is 12.3. The number of hydrogen-bond donors (Lipinski definition) is 0. The normalized spacial score (nSPS) is 13.9. The van der Waals surface area contributed by atoms with Gasteiger partial charge in [-0.3, -0.25) is 9.69 Å². The van der Waals surface area contributed by atoms with Crippen LogP contribution in [-0.4, -0.2) is 55.2 Å². The molecule has 0 saturated carbocycles. The van der Waals surface area contributed by atoms with Crippen LogP contribution in [0.2, 0.25) is 10.0 Å². The van der Waals surface area contributed by atoms with E-state index in [1.54, 1.807) is 6.07 Å². The molecule has 2 heterocycles. The highest BCUT2D eigenvalue weighted by molar-refractivity contribution is 6.43. The van der Waals surface area contributed by atoms with Gasteiger partial charge in [0.1, 0.15) is 5.75 Å². The van der Waals surface area contributed by atoms with Crippen molar-refractivity contribution in [3.63, 3.8) is 0 Å². The SMILES string of the molecule is O=C(Cc1ccccc1)Oc1ccc2ccc(OCCCCN3CCN(c4cccc(Cl)c4Cl)CC3)cc2n1. The van der Waals surface area contributed by atoms with Gasteiger partial charge in [0.25, 0.3) is 0 Å². The molecule has 0 aliphatic carbocycles. The van der Waals surface area contributed by atoms with Crippen LogP contribution in [-0.2, 0) is 11.2 Å². The summed E-state index contributed by atoms with van der Waals surface area (Å²) in [5.74, 6) is 0.711. The van der Waals surface area contributed by atoms with Crippen molar-refractivity contribution in [1.82, 2.24) is 9.88 Å². The molecule has 6 nitrogen and oxygen atoms in total. The van der Waals surface area contributed by atoms with Crippen molar-refractivity contribution in [2.75, 3.05) is 44.2 Å². The Kier molecular flexibility index (Phi) is 9.19. The van der Waals surface area contributed by atoms with Crippen molar-refractivity contribution in [2.45, 2.75) is 19.3 Å². The largest absolute Gasteiger partial charge is 0.494 e. The molecule has 0 unspecified atom stereocenters. The molecule has 0 radical (unpaired) electrons. The smallest absolute Gasteiger partial charge is 0.316 e. The Bertz CT molecular complexity index is 1410. The lowest BCUT2D eigenvalue weighted by molar-refractivity contribution is -0.133. The molecule has 1 fully saturated rings. The maximum Gasteiger partial charge on any atom is 0.316 e. The fraction of sp³-hybridized carbons (Fsp3) is 0.290. The molecule has 5 rings (SSSR count). The first-order valence-electron chi connectivity index (χ1n) is 13.2. The van der Waals surface area contributed by atoms with Gasteiger partial charge in [0.05, 0.1) is 34.3 Å². The molecule has 1 aliphatic heterocycles. The first kappa shape index (κ1) is 27.3. The number of aromatic nitrogens is 1. The lowest BCUT2D eigenvalue weighted by Crippen LogP contribution is -2.46. The fourth-order valence-electron chi connectivity index (χ4n) is 4.72. The number of nitrogens with zero attached hydrogens (tertiary/aromatic N) is 3. The summed E-state index contributed by atoms with van der Waals surface area (Å²) in [5, 5.41) is 2.19. The van der Waals surface area contributed by atoms with Crippen LogP contribution in [0.4, 0.5) is 5.69 Å². The summed E-state index contributed by atoms with van der Waals surface area (Å²) < 4.78 is 11.5. The van der Waals surface area contributed by atoms with E-state index in [0.717, 1.165) is 73.5 Å². The van der Waals surface area contributed by atoms with Gasteiger partial charge in [0, 0.05) is 43.7 Å². The van der Waals surface area contributed by atoms with E-state index in [1.807, 2.05) is 72.8 Å². The second-order valence-electron chi connectivity index (χ2n) is 9.60. The molecular formula is C31H31Cl2N3O3. The van der Waals surface area contributed by atoms with Crippen LogP contribution >= 0.6 is 23.2 Å². The number of esters is 1. The summed E-state index contributed by atoms with van der Waals surface area (Å²) in [7, 11) is 0. The van der Waals surface area contributed by atoms with Gasteiger partial charge in [-0.15, -0.1) is 0 Å². The van der Waals surface area contributed by atoms with Crippen LogP contribution in [0.1, 0.15) is 18.4 Å². The number of pyridine rings is 1. The highest BCUT2D eigenvalue weighted by Gasteiger charge is 2.19. The number of ether oxygens (including phenoxy) is 2. The lowest BCUT2D eigenvalue weighted by Gasteiger charge is -2.36. The Morgan fingerprint density at radius 1 is 0.872 bits per heavy atom. The van der Waals surface area contributed by atoms with Crippen molar-refractivity contribution in [3.05, 3.63) is 94.5 Å². The van der Waals surface area contributed by atoms with Crippen LogP contribution in [0.3, 0.4) is 0 Å². The number of hydrogen-bond acceptors (Lipinski definition) is 6. The van der Waals surface area contributed by atoms with Crippen LogP contribution in [0.25, 0.3) is 10.9 Å². The number of anilines is 1. The number of rotatable bonds is 10. The van der Waals surface area contributed by atoms with Gasteiger partial charge in [-0.25, -0.2) is 4.98 Å². The van der Waals surface area contributed by atoms with Crippen molar-refractivity contribution in [2.24, 2.45) is 0 Å². The van der Waals surface area contributed by atoms with Crippen molar-refractivity contribution >= 4 is 45.8 Å². The standard InChI is InChI=1S/C31H31Cl2N3O3/c32-26-9-6-10-28(31(26)33)36-18-16-35(17-19-36)15-4-5-20-38-25-13-11-24-12-14-29(34-27(24)22-25)39-30(37)21-23-7-2-1-3-8-23/h1-3,6-14,22H,4-5,15-21H2. The van der Waals surface area contributed by atoms with E-state index in [4.69, 9.17) is 32.7 Å². The molecule has 0 amide bonds. The predicted octanol–water partition coefficient (Wildman–Crippen LogP) is 6.67. The molecule has 4 aromatic rings. The molecule has 39 heavy (non-hydrogen) atoms. The summed E-state index contributed by atoms with van der Waals surface area (Å²) in [6.07, 6.45) is 2.23. The molecule has 0 spiro atoms. The lowest BCUT2D eigenvalue weighted by atomic mass is 10.2. The average molecular weight is 565 g/mol. The Morgan fingerprint density at radius 3 is 2.49 bits per heavy atom. The third-order valence-corrected chi connectivity index (χ3v) is 7.64. The number of carbonyl (C=O) groups is 1. The van der Waals surface area contributed by atoms with Crippen LogP contribution in [0, 0.1) is 0 Å². The number of benzene rings is 3. The van der Waals surface area contributed by atoms with Gasteiger partial charge >= 0.3 is 5.97 Å². The highest BCUT2D eigenvalue weighted by atomic mass is 35.5. The molecule has 3 aromatic carbocycles. The minimum Gasteiger partial charge on any atom is -0.494 e. The number of fused-ring (bicyclic) bond motifs is 1. The topological polar surface area (TPSA) is 54.9 Å². The van der Waals surface area contributed by atoms with E-state index in [2.05, 4.69) is 14.8 Å². The molecule has 1 saturated heterocycles. The number of carbonyl (C=O) groups excluding carboxylic acids is 1. The molecule has 1 aromatic heterocycles. The molecular weight excluding hydrogens is 533 g/mol. The third-order valence-electron chi connectivity index (χ3n) is 6.83. The van der Waals surface area contributed by atoms with E-state index in [0.29, 0.717) is 22.5 Å². The molecule has 0 N–H and O–H groups in total. The van der Waals surface area contributed by atoms with Gasteiger partial charge < -0.3 is 14.4 Å². The second-order valence-corrected chi connectivity index (χ2v) is 10.4. The van der Waals surface area contributed by atoms with Gasteiger partial charge in [-0.2, -0.15) is 0 Å². The quantitative estimate of drug-likeness (QED) is 0.158. The van der Waals surface area contributed by atoms with Gasteiger partial charge in [0.2, 0.25) is 5.88 Å². The molecule has 1 aliphatic rings. The molecule has 0 atom stereocenters. The predicted molar refractivity (Wildman–Crippen MR) is 157 cm³/mol. The summed E-state index contributed by atoms with van der Waals surface area (Å²) in [5.41, 5.74) is 2.65. The third kappa shape index (κ3) is 7.41. The Balaban J connectivity index is 1.05. The summed E-state index contributed by atoms with van der Waals surface area (Å²) >= 11 is 12.6. The van der Waals surface area contributed by atoms with Crippen molar-refractivity contribution in [3.8, 4) is 11.6 Å². The van der Waals surface area contributed by atoms with Crippen LogP contribution < -0.4 is 14.4 Å². The minimum absolute atomic E-state index is 0.204. The fourth-order valence-corrected chi connectivity index (χ4v) is 5.13. The summed E-state index contributed by atoms with van der Waals surface area (Å²) in [6, 6.07) is 24.8. The zero-order valence-corrected chi connectivity index (χ0v) is 23.2. The number of piperazine rings is 1. The van der Waals surface area contributed by atoms with Crippen LogP contribution in [0.15, 0.2) is 78.9 Å². The maximum absolute atomic E-state index is 12.3. The van der Waals surface area contributed by atoms with E-state index >= 15 is 0 Å². The first-order valence-corrected chi connectivity index (χ1v) is 14.0. The minimum atomic E-state index is -0.338. The van der Waals surface area contributed by atoms with Crippen LogP contribution in [0.5, 0.6) is 11.6 Å². The van der Waals surface area contributed by atoms with Crippen molar-refractivity contribution in [1.29, 1.82) is 0 Å². The van der Waals surface area contributed by atoms with E-state index in [1.165, 1.54) is 0 Å². The van der Waals surface area contributed by atoms with Gasteiger partial charge in [-0.05, 0) is 55.3 Å². The van der Waals surface area contributed by atoms with Crippen molar-refractivity contribution < 1.29 is 14.3 Å². The van der Waals surface area contributed by atoms with E-state index < -0.39 is 0 Å².